The van der Waals surface area contributed by atoms with E-state index in [1.807, 2.05) is 50.2 Å². The van der Waals surface area contributed by atoms with E-state index in [0.717, 1.165) is 17.7 Å². The van der Waals surface area contributed by atoms with Crippen LogP contribution in [0.25, 0.3) is 0 Å². The van der Waals surface area contributed by atoms with Crippen molar-refractivity contribution in [3.63, 3.8) is 0 Å². The number of nitrogens with zero attached hydrogens (tertiary/aromatic N) is 1. The molecule has 0 aliphatic carbocycles. The average Bonchev–Trinajstić information content (AvgIpc) is 2.77. The van der Waals surface area contributed by atoms with Crippen LogP contribution in [0.1, 0.15) is 42.6 Å². The van der Waals surface area contributed by atoms with Crippen molar-refractivity contribution in [3.05, 3.63) is 72.3 Å². The van der Waals surface area contributed by atoms with Gasteiger partial charge in [0.2, 0.25) is 11.8 Å². The molecular formula is C25H29N3O3. The van der Waals surface area contributed by atoms with Crippen LogP contribution in [0.5, 0.6) is 0 Å². The number of rotatable bonds is 7. The van der Waals surface area contributed by atoms with E-state index < -0.39 is 6.04 Å². The van der Waals surface area contributed by atoms with Crippen LogP contribution in [0.15, 0.2) is 61.2 Å². The summed E-state index contributed by atoms with van der Waals surface area (Å²) in [6.45, 7) is 8.19. The first kappa shape index (κ1) is 22.3. The quantitative estimate of drug-likeness (QED) is 0.668. The van der Waals surface area contributed by atoms with Gasteiger partial charge >= 0.3 is 0 Å². The molecule has 1 atom stereocenters. The van der Waals surface area contributed by atoms with Crippen LogP contribution in [0.4, 0.5) is 11.4 Å². The second kappa shape index (κ2) is 10.1. The number of anilines is 2. The average molecular weight is 420 g/mol. The third-order valence-electron chi connectivity index (χ3n) is 5.31. The van der Waals surface area contributed by atoms with E-state index in [1.165, 1.54) is 6.08 Å². The fraction of sp³-hybridized carbons (Fsp3) is 0.320. The van der Waals surface area contributed by atoms with Crippen LogP contribution in [-0.4, -0.2) is 30.3 Å². The fourth-order valence-electron chi connectivity index (χ4n) is 3.87. The van der Waals surface area contributed by atoms with Crippen LogP contribution < -0.4 is 15.5 Å². The maximum atomic E-state index is 13.2. The summed E-state index contributed by atoms with van der Waals surface area (Å²) >= 11 is 0. The molecule has 1 aliphatic heterocycles. The number of carbonyl (C=O) groups is 3. The van der Waals surface area contributed by atoms with Crippen molar-refractivity contribution in [1.29, 1.82) is 0 Å². The first-order valence-corrected chi connectivity index (χ1v) is 10.6. The fourth-order valence-corrected chi connectivity index (χ4v) is 3.87. The van der Waals surface area contributed by atoms with E-state index in [-0.39, 0.29) is 23.6 Å². The smallest absolute Gasteiger partial charge is 0.252 e. The Labute approximate surface area is 183 Å². The lowest BCUT2D eigenvalue weighted by atomic mass is 9.95. The van der Waals surface area contributed by atoms with Crippen molar-refractivity contribution >= 4 is 29.1 Å². The van der Waals surface area contributed by atoms with E-state index in [2.05, 4.69) is 17.2 Å². The van der Waals surface area contributed by atoms with Gasteiger partial charge in [0.1, 0.15) is 6.04 Å². The van der Waals surface area contributed by atoms with E-state index in [9.17, 15) is 14.4 Å². The summed E-state index contributed by atoms with van der Waals surface area (Å²) in [5.74, 6) is -0.518. The van der Waals surface area contributed by atoms with Gasteiger partial charge in [-0.25, -0.2) is 0 Å². The third kappa shape index (κ3) is 5.40. The van der Waals surface area contributed by atoms with E-state index in [4.69, 9.17) is 0 Å². The van der Waals surface area contributed by atoms with Crippen LogP contribution >= 0.6 is 0 Å². The minimum atomic E-state index is -0.668. The molecule has 3 rings (SSSR count). The van der Waals surface area contributed by atoms with Crippen molar-refractivity contribution in [1.82, 2.24) is 5.32 Å². The molecule has 0 saturated carbocycles. The molecule has 162 valence electrons. The molecule has 0 spiro atoms. The lowest BCUT2D eigenvalue weighted by Gasteiger charge is -2.30. The molecular weight excluding hydrogens is 390 g/mol. The monoisotopic (exact) mass is 419 g/mol. The molecule has 0 aromatic heterocycles. The third-order valence-corrected chi connectivity index (χ3v) is 5.31. The normalized spacial score (nSPS) is 13.8. The molecule has 2 aromatic rings. The summed E-state index contributed by atoms with van der Waals surface area (Å²) in [5, 5.41) is 5.80. The largest absolute Gasteiger partial charge is 0.340 e. The molecule has 6 heteroatoms. The van der Waals surface area contributed by atoms with Gasteiger partial charge < -0.3 is 15.5 Å². The highest BCUT2D eigenvalue weighted by Crippen LogP contribution is 2.30. The molecule has 0 fully saturated rings. The summed E-state index contributed by atoms with van der Waals surface area (Å²) in [7, 11) is 0. The molecule has 6 nitrogen and oxygen atoms in total. The maximum absolute atomic E-state index is 13.2. The number of amides is 3. The van der Waals surface area contributed by atoms with Gasteiger partial charge in [-0.3, -0.25) is 14.4 Å². The van der Waals surface area contributed by atoms with Gasteiger partial charge in [0, 0.05) is 23.5 Å². The summed E-state index contributed by atoms with van der Waals surface area (Å²) in [4.78, 5) is 40.0. The van der Waals surface area contributed by atoms with Gasteiger partial charge in [0.05, 0.1) is 0 Å². The number of hydrogen-bond acceptors (Lipinski definition) is 3. The molecule has 1 aliphatic rings. The van der Waals surface area contributed by atoms with Crippen LogP contribution in [0.3, 0.4) is 0 Å². The molecule has 0 radical (unpaired) electrons. The van der Waals surface area contributed by atoms with Crippen molar-refractivity contribution in [2.45, 2.75) is 39.2 Å². The molecule has 2 N–H and O–H groups in total. The number of carbonyl (C=O) groups excluding carboxylic acids is 3. The molecule has 1 heterocycles. The molecule has 31 heavy (non-hydrogen) atoms. The molecule has 0 saturated heterocycles. The second-order valence-corrected chi connectivity index (χ2v) is 8.11. The Kier molecular flexibility index (Phi) is 7.23. The highest BCUT2D eigenvalue weighted by atomic mass is 16.2. The predicted octanol–water partition coefficient (Wildman–Crippen LogP) is 3.94. The summed E-state index contributed by atoms with van der Waals surface area (Å²) in [6, 6.07) is 13.9. The summed E-state index contributed by atoms with van der Waals surface area (Å²) in [6.07, 6.45) is 3.26. The zero-order valence-corrected chi connectivity index (χ0v) is 18.1. The predicted molar refractivity (Wildman–Crippen MR) is 123 cm³/mol. The SMILES string of the molecule is C=CC(=O)N1CCCc2c(C(=O)N[C@@H](CC(C)C)C(=O)Nc3ccccc3)cccc21. The number of benzene rings is 2. The summed E-state index contributed by atoms with van der Waals surface area (Å²) in [5.41, 5.74) is 2.75. The standard InChI is InChI=1S/C25H29N3O3/c1-4-23(29)28-15-9-13-19-20(12-8-14-22(19)28)24(30)27-21(16-17(2)3)25(31)26-18-10-6-5-7-11-18/h4-8,10-12,14,17,21H,1,9,13,15-16H2,2-3H3,(H,26,31)(H,27,30)/t21-/m0/s1. The van der Waals surface area contributed by atoms with Crippen LogP contribution in [0.2, 0.25) is 0 Å². The van der Waals surface area contributed by atoms with E-state index >= 15 is 0 Å². The Morgan fingerprint density at radius 1 is 1.10 bits per heavy atom. The molecule has 0 bridgehead atoms. The zero-order chi connectivity index (χ0) is 22.4. The van der Waals surface area contributed by atoms with E-state index in [0.29, 0.717) is 30.6 Å². The Morgan fingerprint density at radius 2 is 1.84 bits per heavy atom. The van der Waals surface area contributed by atoms with Gasteiger partial charge in [0.25, 0.3) is 5.91 Å². The van der Waals surface area contributed by atoms with E-state index in [1.54, 1.807) is 17.0 Å². The van der Waals surface area contributed by atoms with Gasteiger partial charge in [-0.15, -0.1) is 0 Å². The van der Waals surface area contributed by atoms with Gasteiger partial charge in [0.15, 0.2) is 0 Å². The molecule has 2 aromatic carbocycles. The van der Waals surface area contributed by atoms with Gasteiger partial charge in [-0.2, -0.15) is 0 Å². The molecule has 0 unspecified atom stereocenters. The Balaban J connectivity index is 1.83. The minimum Gasteiger partial charge on any atom is -0.340 e. The Bertz CT molecular complexity index is 969. The Hall–Kier alpha value is -3.41. The van der Waals surface area contributed by atoms with Crippen molar-refractivity contribution in [2.75, 3.05) is 16.8 Å². The van der Waals surface area contributed by atoms with Gasteiger partial charge in [-0.05, 0) is 61.1 Å². The van der Waals surface area contributed by atoms with Crippen molar-refractivity contribution in [2.24, 2.45) is 5.92 Å². The summed E-state index contributed by atoms with van der Waals surface area (Å²) < 4.78 is 0. The second-order valence-electron chi connectivity index (χ2n) is 8.11. The van der Waals surface area contributed by atoms with Gasteiger partial charge in [-0.1, -0.05) is 44.7 Å². The zero-order valence-electron chi connectivity index (χ0n) is 18.1. The molecule has 3 amide bonds. The number of fused-ring (bicyclic) bond motifs is 1. The maximum Gasteiger partial charge on any atom is 0.252 e. The number of para-hydroxylation sites is 1. The highest BCUT2D eigenvalue weighted by Gasteiger charge is 2.27. The van der Waals surface area contributed by atoms with Crippen molar-refractivity contribution < 1.29 is 14.4 Å². The first-order chi connectivity index (χ1) is 14.9. The number of hydrogen-bond donors (Lipinski definition) is 2. The number of nitrogens with one attached hydrogen (secondary N) is 2. The topological polar surface area (TPSA) is 78.5 Å². The van der Waals surface area contributed by atoms with Crippen molar-refractivity contribution in [3.8, 4) is 0 Å². The Morgan fingerprint density at radius 3 is 2.52 bits per heavy atom. The van der Waals surface area contributed by atoms with Crippen LogP contribution in [0, 0.1) is 5.92 Å². The highest BCUT2D eigenvalue weighted by molar-refractivity contribution is 6.05. The minimum absolute atomic E-state index is 0.182. The first-order valence-electron chi connectivity index (χ1n) is 10.6. The lowest BCUT2D eigenvalue weighted by Crippen LogP contribution is -2.45. The lowest BCUT2D eigenvalue weighted by molar-refractivity contribution is -0.118. The van der Waals surface area contributed by atoms with Crippen LogP contribution in [-0.2, 0) is 16.0 Å².